The third kappa shape index (κ3) is 2.20. The van der Waals surface area contributed by atoms with Gasteiger partial charge in [-0.25, -0.2) is 4.98 Å². The molecule has 0 radical (unpaired) electrons. The molecule has 0 saturated heterocycles. The first-order chi connectivity index (χ1) is 9.66. The minimum Gasteiger partial charge on any atom is -0.333 e. The van der Waals surface area contributed by atoms with Crippen molar-refractivity contribution in [3.8, 4) is 0 Å². The molecule has 1 aromatic heterocycles. The highest BCUT2D eigenvalue weighted by molar-refractivity contribution is 5.92. The summed E-state index contributed by atoms with van der Waals surface area (Å²) < 4.78 is 0. The van der Waals surface area contributed by atoms with Crippen LogP contribution in [0.1, 0.15) is 39.8 Å². The summed E-state index contributed by atoms with van der Waals surface area (Å²) in [5.41, 5.74) is 4.03. The van der Waals surface area contributed by atoms with E-state index in [1.165, 1.54) is 11.1 Å². The number of nitrogens with zero attached hydrogens (tertiary/aromatic N) is 2. The maximum absolute atomic E-state index is 12.6. The predicted octanol–water partition coefficient (Wildman–Crippen LogP) is 3.15. The molecule has 1 aliphatic carbocycles. The summed E-state index contributed by atoms with van der Waals surface area (Å²) in [6.07, 6.45) is 2.03. The zero-order valence-corrected chi connectivity index (χ0v) is 11.8. The number of aromatic nitrogens is 1. The lowest BCUT2D eigenvalue weighted by Gasteiger charge is -2.25. The molecule has 3 rings (SSSR count). The molecule has 1 heterocycles. The van der Waals surface area contributed by atoms with Crippen LogP contribution in [0.5, 0.6) is 0 Å². The SMILES string of the molecule is Cc1cccc(C(=O)N(C)C2CCc3ccccc32)n1. The van der Waals surface area contributed by atoms with Gasteiger partial charge in [0.2, 0.25) is 0 Å². The summed E-state index contributed by atoms with van der Waals surface area (Å²) in [6.45, 7) is 1.90. The zero-order chi connectivity index (χ0) is 14.1. The van der Waals surface area contributed by atoms with Crippen LogP contribution in [0.25, 0.3) is 0 Å². The van der Waals surface area contributed by atoms with Crippen molar-refractivity contribution in [2.45, 2.75) is 25.8 Å². The third-order valence-corrected chi connectivity index (χ3v) is 4.00. The van der Waals surface area contributed by atoms with Crippen molar-refractivity contribution in [2.75, 3.05) is 7.05 Å². The minimum atomic E-state index is -0.00426. The molecule has 0 fully saturated rings. The van der Waals surface area contributed by atoms with Gasteiger partial charge in [0.1, 0.15) is 5.69 Å². The predicted molar refractivity (Wildman–Crippen MR) is 78.6 cm³/mol. The Morgan fingerprint density at radius 3 is 2.80 bits per heavy atom. The molecule has 3 nitrogen and oxygen atoms in total. The summed E-state index contributed by atoms with van der Waals surface area (Å²) in [7, 11) is 1.87. The van der Waals surface area contributed by atoms with E-state index in [0.717, 1.165) is 18.5 Å². The highest BCUT2D eigenvalue weighted by Gasteiger charge is 2.29. The number of carbonyl (C=O) groups is 1. The molecule has 0 aliphatic heterocycles. The van der Waals surface area contributed by atoms with Gasteiger partial charge in [-0.2, -0.15) is 0 Å². The number of aryl methyl sites for hydroxylation is 2. The Labute approximate surface area is 119 Å². The largest absolute Gasteiger partial charge is 0.333 e. The van der Waals surface area contributed by atoms with Gasteiger partial charge in [-0.3, -0.25) is 4.79 Å². The van der Waals surface area contributed by atoms with Crippen LogP contribution < -0.4 is 0 Å². The molecule has 1 unspecified atom stereocenters. The van der Waals surface area contributed by atoms with Crippen LogP contribution in [-0.2, 0) is 6.42 Å². The summed E-state index contributed by atoms with van der Waals surface area (Å²) in [6, 6.07) is 14.1. The molecule has 3 heteroatoms. The second kappa shape index (κ2) is 5.08. The Hall–Kier alpha value is -2.16. The Morgan fingerprint density at radius 2 is 2.00 bits per heavy atom. The van der Waals surface area contributed by atoms with E-state index in [1.54, 1.807) is 6.07 Å². The maximum Gasteiger partial charge on any atom is 0.272 e. The van der Waals surface area contributed by atoms with E-state index < -0.39 is 0 Å². The highest BCUT2D eigenvalue weighted by atomic mass is 16.2. The van der Waals surface area contributed by atoms with Gasteiger partial charge in [0.25, 0.3) is 5.91 Å². The second-order valence-corrected chi connectivity index (χ2v) is 5.33. The molecule has 0 saturated carbocycles. The number of fused-ring (bicyclic) bond motifs is 1. The van der Waals surface area contributed by atoms with Crippen molar-refractivity contribution >= 4 is 5.91 Å². The van der Waals surface area contributed by atoms with E-state index in [9.17, 15) is 4.79 Å². The number of benzene rings is 1. The molecular weight excluding hydrogens is 248 g/mol. The Kier molecular flexibility index (Phi) is 3.26. The minimum absolute atomic E-state index is 0.00426. The average molecular weight is 266 g/mol. The normalized spacial score (nSPS) is 16.8. The van der Waals surface area contributed by atoms with Crippen molar-refractivity contribution < 1.29 is 4.79 Å². The molecule has 0 bridgehead atoms. The van der Waals surface area contributed by atoms with Crippen LogP contribution in [0.3, 0.4) is 0 Å². The van der Waals surface area contributed by atoms with Gasteiger partial charge in [-0.15, -0.1) is 0 Å². The lowest BCUT2D eigenvalue weighted by atomic mass is 10.1. The van der Waals surface area contributed by atoms with E-state index in [1.807, 2.05) is 37.1 Å². The van der Waals surface area contributed by atoms with Crippen LogP contribution in [-0.4, -0.2) is 22.8 Å². The third-order valence-electron chi connectivity index (χ3n) is 4.00. The number of carbonyl (C=O) groups excluding carboxylic acids is 1. The van der Waals surface area contributed by atoms with Crippen molar-refractivity contribution in [3.63, 3.8) is 0 Å². The second-order valence-electron chi connectivity index (χ2n) is 5.33. The van der Waals surface area contributed by atoms with Crippen LogP contribution in [0.4, 0.5) is 0 Å². The van der Waals surface area contributed by atoms with Gasteiger partial charge in [0.15, 0.2) is 0 Å². The highest BCUT2D eigenvalue weighted by Crippen LogP contribution is 2.35. The van der Waals surface area contributed by atoms with Crippen molar-refractivity contribution in [1.29, 1.82) is 0 Å². The fourth-order valence-electron chi connectivity index (χ4n) is 2.92. The quantitative estimate of drug-likeness (QED) is 0.836. The van der Waals surface area contributed by atoms with Gasteiger partial charge in [-0.05, 0) is 43.0 Å². The molecule has 1 atom stereocenters. The van der Waals surface area contributed by atoms with E-state index in [4.69, 9.17) is 0 Å². The first kappa shape index (κ1) is 12.9. The number of hydrogen-bond acceptors (Lipinski definition) is 2. The summed E-state index contributed by atoms with van der Waals surface area (Å²) >= 11 is 0. The molecule has 1 aromatic carbocycles. The topological polar surface area (TPSA) is 33.2 Å². The van der Waals surface area contributed by atoms with Crippen molar-refractivity contribution in [2.24, 2.45) is 0 Å². The standard InChI is InChI=1S/C17H18N2O/c1-12-6-5-9-15(18-12)17(20)19(2)16-11-10-13-7-3-4-8-14(13)16/h3-9,16H,10-11H2,1-2H3. The number of hydrogen-bond donors (Lipinski definition) is 0. The Morgan fingerprint density at radius 1 is 1.20 bits per heavy atom. The van der Waals surface area contributed by atoms with E-state index in [2.05, 4.69) is 23.2 Å². The molecule has 2 aromatic rings. The molecule has 20 heavy (non-hydrogen) atoms. The van der Waals surface area contributed by atoms with E-state index in [-0.39, 0.29) is 11.9 Å². The molecule has 1 aliphatic rings. The zero-order valence-electron chi connectivity index (χ0n) is 11.8. The van der Waals surface area contributed by atoms with Crippen molar-refractivity contribution in [1.82, 2.24) is 9.88 Å². The molecular formula is C17H18N2O. The lowest BCUT2D eigenvalue weighted by Crippen LogP contribution is -2.30. The van der Waals surface area contributed by atoms with Crippen LogP contribution in [0.15, 0.2) is 42.5 Å². The maximum atomic E-state index is 12.6. The average Bonchev–Trinajstić information content (AvgIpc) is 2.89. The smallest absolute Gasteiger partial charge is 0.272 e. The summed E-state index contributed by atoms with van der Waals surface area (Å²) in [5.74, 6) is -0.00426. The molecule has 0 spiro atoms. The monoisotopic (exact) mass is 266 g/mol. The van der Waals surface area contributed by atoms with Crippen LogP contribution in [0.2, 0.25) is 0 Å². The Bertz CT molecular complexity index is 651. The van der Waals surface area contributed by atoms with Gasteiger partial charge < -0.3 is 4.90 Å². The van der Waals surface area contributed by atoms with E-state index >= 15 is 0 Å². The molecule has 1 amide bonds. The van der Waals surface area contributed by atoms with Crippen molar-refractivity contribution in [3.05, 3.63) is 65.0 Å². The summed E-state index contributed by atoms with van der Waals surface area (Å²) in [5, 5.41) is 0. The first-order valence-electron chi connectivity index (χ1n) is 6.95. The number of rotatable bonds is 2. The first-order valence-corrected chi connectivity index (χ1v) is 6.95. The lowest BCUT2D eigenvalue weighted by molar-refractivity contribution is 0.0724. The van der Waals surface area contributed by atoms with Gasteiger partial charge in [-0.1, -0.05) is 30.3 Å². The fraction of sp³-hybridized carbons (Fsp3) is 0.294. The number of pyridine rings is 1. The molecule has 102 valence electrons. The Balaban J connectivity index is 1.87. The fourth-order valence-corrected chi connectivity index (χ4v) is 2.92. The van der Waals surface area contributed by atoms with Gasteiger partial charge in [0, 0.05) is 12.7 Å². The summed E-state index contributed by atoms with van der Waals surface area (Å²) in [4.78, 5) is 18.7. The van der Waals surface area contributed by atoms with E-state index in [0.29, 0.717) is 5.69 Å². The van der Waals surface area contributed by atoms with Gasteiger partial charge >= 0.3 is 0 Å². The van der Waals surface area contributed by atoms with Gasteiger partial charge in [0.05, 0.1) is 6.04 Å². The van der Waals surface area contributed by atoms with Crippen LogP contribution in [0, 0.1) is 6.92 Å². The molecule has 0 N–H and O–H groups in total. The van der Waals surface area contributed by atoms with Crippen LogP contribution >= 0.6 is 0 Å². The number of amides is 1.